The van der Waals surface area contributed by atoms with Crippen LogP contribution in [-0.4, -0.2) is 14.2 Å². The van der Waals surface area contributed by atoms with E-state index in [1.807, 2.05) is 57.2 Å². The van der Waals surface area contributed by atoms with Crippen molar-refractivity contribution in [1.82, 2.24) is 0 Å². The van der Waals surface area contributed by atoms with Gasteiger partial charge in [-0.05, 0) is 56.2 Å². The van der Waals surface area contributed by atoms with Crippen LogP contribution in [0.25, 0.3) is 0 Å². The molecule has 33 heavy (non-hydrogen) atoms. The lowest BCUT2D eigenvalue weighted by Crippen LogP contribution is -2.09. The first-order chi connectivity index (χ1) is 15.7. The van der Waals surface area contributed by atoms with Crippen LogP contribution in [0.2, 0.25) is 0 Å². The third kappa shape index (κ3) is 4.42. The van der Waals surface area contributed by atoms with Crippen molar-refractivity contribution in [3.8, 4) is 0 Å². The van der Waals surface area contributed by atoms with Gasteiger partial charge in [0.15, 0.2) is 0 Å². The largest absolute Gasteiger partial charge is 0.396 e. The molecule has 4 rings (SSSR count). The first-order valence-corrected chi connectivity index (χ1v) is 12.7. The molecule has 0 aliphatic heterocycles. The molecule has 7 heteroatoms. The molecule has 0 aliphatic carbocycles. The zero-order chi connectivity index (χ0) is 23.8. The van der Waals surface area contributed by atoms with E-state index in [0.29, 0.717) is 16.3 Å². The van der Waals surface area contributed by atoms with Crippen LogP contribution in [0.15, 0.2) is 82.6 Å². The van der Waals surface area contributed by atoms with Crippen molar-refractivity contribution in [3.63, 3.8) is 0 Å². The Morgan fingerprint density at radius 1 is 0.879 bits per heavy atom. The molecule has 1 aromatic heterocycles. The Morgan fingerprint density at radius 2 is 1.58 bits per heavy atom. The molecule has 0 fully saturated rings. The second-order valence-corrected chi connectivity index (χ2v) is 10.9. The van der Waals surface area contributed by atoms with Gasteiger partial charge in [0, 0.05) is 11.3 Å². The lowest BCUT2D eigenvalue weighted by molar-refractivity contribution is 0.104. The minimum Gasteiger partial charge on any atom is -0.396 e. The summed E-state index contributed by atoms with van der Waals surface area (Å²) in [4.78, 5) is 13.7. The maximum absolute atomic E-state index is 13.6. The number of carbonyl (C=O) groups excluding carboxylic acids is 1. The van der Waals surface area contributed by atoms with Crippen LogP contribution < -0.4 is 11.1 Å². The van der Waals surface area contributed by atoms with Crippen molar-refractivity contribution in [2.75, 3.05) is 11.1 Å². The maximum atomic E-state index is 13.6. The van der Waals surface area contributed by atoms with Crippen molar-refractivity contribution < 1.29 is 13.2 Å². The van der Waals surface area contributed by atoms with Gasteiger partial charge in [-0.2, -0.15) is 0 Å². The van der Waals surface area contributed by atoms with Gasteiger partial charge in [-0.25, -0.2) is 8.42 Å². The fourth-order valence-corrected chi connectivity index (χ4v) is 6.66. The predicted molar refractivity (Wildman–Crippen MR) is 134 cm³/mol. The molecule has 3 N–H and O–H groups in total. The average Bonchev–Trinajstić information content (AvgIpc) is 3.10. The standard InChI is InChI=1S/C26H24N2O3S2/c1-16-8-7-9-19(15-16)28-26-25(33(30,31)20-10-5-4-6-11-20)22(27)24(32-26)23(29)21-13-12-17(2)14-18(21)3/h4-15,28H,27H2,1-3H3. The molecule has 4 aromatic rings. The summed E-state index contributed by atoms with van der Waals surface area (Å²) in [5.74, 6) is -0.295. The van der Waals surface area contributed by atoms with E-state index in [0.717, 1.165) is 28.0 Å². The summed E-state index contributed by atoms with van der Waals surface area (Å²) in [6, 6.07) is 21.2. The second-order valence-electron chi connectivity index (χ2n) is 7.96. The van der Waals surface area contributed by atoms with Crippen molar-refractivity contribution in [2.45, 2.75) is 30.6 Å². The maximum Gasteiger partial charge on any atom is 0.211 e. The number of rotatable bonds is 6. The molecule has 0 bridgehead atoms. The van der Waals surface area contributed by atoms with Crippen molar-refractivity contribution in [3.05, 3.63) is 99.9 Å². The number of nitrogens with one attached hydrogen (secondary N) is 1. The molecule has 0 radical (unpaired) electrons. The summed E-state index contributed by atoms with van der Waals surface area (Å²) >= 11 is 1.06. The molecule has 0 saturated heterocycles. The van der Waals surface area contributed by atoms with Crippen molar-refractivity contribution in [2.24, 2.45) is 0 Å². The SMILES string of the molecule is Cc1cccc(Nc2sc(C(=O)c3ccc(C)cc3C)c(N)c2S(=O)(=O)c2ccccc2)c1. The van der Waals surface area contributed by atoms with Gasteiger partial charge in [0.2, 0.25) is 15.6 Å². The highest BCUT2D eigenvalue weighted by Crippen LogP contribution is 2.44. The summed E-state index contributed by atoms with van der Waals surface area (Å²) in [5.41, 5.74) is 10.4. The van der Waals surface area contributed by atoms with Crippen LogP contribution in [0.1, 0.15) is 31.9 Å². The fraction of sp³-hybridized carbons (Fsp3) is 0.115. The van der Waals surface area contributed by atoms with Crippen LogP contribution in [0.5, 0.6) is 0 Å². The molecule has 168 valence electrons. The Kier molecular flexibility index (Phi) is 6.10. The van der Waals surface area contributed by atoms with Gasteiger partial charge in [-0.3, -0.25) is 4.79 Å². The van der Waals surface area contributed by atoms with E-state index in [2.05, 4.69) is 5.32 Å². The average molecular weight is 477 g/mol. The topological polar surface area (TPSA) is 89.3 Å². The molecule has 0 amide bonds. The van der Waals surface area contributed by atoms with E-state index in [9.17, 15) is 13.2 Å². The number of hydrogen-bond acceptors (Lipinski definition) is 6. The number of anilines is 3. The smallest absolute Gasteiger partial charge is 0.211 e. The molecular formula is C26H24N2O3S2. The van der Waals surface area contributed by atoms with E-state index < -0.39 is 9.84 Å². The summed E-state index contributed by atoms with van der Waals surface area (Å²) in [7, 11) is -3.97. The Labute approximate surface area is 197 Å². The molecule has 5 nitrogen and oxygen atoms in total. The van der Waals surface area contributed by atoms with Crippen LogP contribution in [0.3, 0.4) is 0 Å². The minimum absolute atomic E-state index is 0.0380. The molecule has 3 aromatic carbocycles. The van der Waals surface area contributed by atoms with Gasteiger partial charge in [0.05, 0.1) is 10.6 Å². The summed E-state index contributed by atoms with van der Waals surface area (Å²) < 4.78 is 27.2. The van der Waals surface area contributed by atoms with Crippen LogP contribution >= 0.6 is 11.3 Å². The number of ketones is 1. The predicted octanol–water partition coefficient (Wildman–Crippen LogP) is 6.06. The van der Waals surface area contributed by atoms with Gasteiger partial charge in [0.25, 0.3) is 0 Å². The number of benzene rings is 3. The summed E-state index contributed by atoms with van der Waals surface area (Å²) in [5, 5.41) is 3.50. The molecule has 0 aliphatic rings. The number of aryl methyl sites for hydroxylation is 3. The van der Waals surface area contributed by atoms with E-state index in [1.54, 1.807) is 24.3 Å². The summed E-state index contributed by atoms with van der Waals surface area (Å²) in [6.07, 6.45) is 0. The Bertz CT molecular complexity index is 1460. The molecule has 0 unspecified atom stereocenters. The van der Waals surface area contributed by atoms with Crippen LogP contribution in [-0.2, 0) is 9.84 Å². The monoisotopic (exact) mass is 476 g/mol. The molecule has 0 saturated carbocycles. The van der Waals surface area contributed by atoms with Crippen molar-refractivity contribution in [1.29, 1.82) is 0 Å². The Hall–Kier alpha value is -3.42. The van der Waals surface area contributed by atoms with Gasteiger partial charge >= 0.3 is 0 Å². The number of nitrogen functional groups attached to an aromatic ring is 1. The lowest BCUT2D eigenvalue weighted by Gasteiger charge is -2.10. The molecule has 0 spiro atoms. The van der Waals surface area contributed by atoms with Crippen LogP contribution in [0.4, 0.5) is 16.4 Å². The minimum atomic E-state index is -3.97. The second kappa shape index (κ2) is 8.84. The number of thiophene rings is 1. The van der Waals surface area contributed by atoms with E-state index >= 15 is 0 Å². The zero-order valence-electron chi connectivity index (χ0n) is 18.5. The highest BCUT2D eigenvalue weighted by Gasteiger charge is 2.32. The molecular weight excluding hydrogens is 452 g/mol. The zero-order valence-corrected chi connectivity index (χ0v) is 20.2. The number of carbonyl (C=O) groups is 1. The Balaban J connectivity index is 1.90. The van der Waals surface area contributed by atoms with Crippen LogP contribution in [0, 0.1) is 20.8 Å². The van der Waals surface area contributed by atoms with Gasteiger partial charge in [0.1, 0.15) is 14.8 Å². The normalized spacial score (nSPS) is 11.4. The number of nitrogens with two attached hydrogens (primary N) is 1. The van der Waals surface area contributed by atoms with Gasteiger partial charge < -0.3 is 11.1 Å². The van der Waals surface area contributed by atoms with Gasteiger partial charge in [-0.1, -0.05) is 54.1 Å². The molecule has 1 heterocycles. The van der Waals surface area contributed by atoms with Crippen molar-refractivity contribution >= 4 is 43.3 Å². The summed E-state index contributed by atoms with van der Waals surface area (Å²) in [6.45, 7) is 5.76. The third-order valence-corrected chi connectivity index (χ3v) is 8.43. The van der Waals surface area contributed by atoms with E-state index in [-0.39, 0.29) is 26.1 Å². The molecule has 0 atom stereocenters. The van der Waals surface area contributed by atoms with Gasteiger partial charge in [-0.15, -0.1) is 11.3 Å². The van der Waals surface area contributed by atoms with E-state index in [4.69, 9.17) is 5.73 Å². The first kappa shape index (κ1) is 22.8. The van der Waals surface area contributed by atoms with E-state index in [1.165, 1.54) is 12.1 Å². The quantitative estimate of drug-likeness (QED) is 0.330. The highest BCUT2D eigenvalue weighted by molar-refractivity contribution is 7.92. The Morgan fingerprint density at radius 3 is 2.24 bits per heavy atom. The fourth-order valence-electron chi connectivity index (χ4n) is 3.71. The third-order valence-electron chi connectivity index (χ3n) is 5.33. The number of sulfone groups is 1. The first-order valence-electron chi connectivity index (χ1n) is 10.4. The lowest BCUT2D eigenvalue weighted by atomic mass is 10.0. The highest BCUT2D eigenvalue weighted by atomic mass is 32.2. The number of hydrogen-bond donors (Lipinski definition) is 2.